The van der Waals surface area contributed by atoms with Crippen molar-refractivity contribution in [1.82, 2.24) is 19.9 Å². The van der Waals surface area contributed by atoms with E-state index in [0.717, 1.165) is 72.4 Å². The van der Waals surface area contributed by atoms with E-state index in [4.69, 9.17) is 4.74 Å². The number of imidazole rings is 1. The standard InChI is InChI=1S/C27H27F3N6O/c1-31-25-23(17-6-8-21(37-2)9-7-17)26(34-16-33-25)36-12-10-18(11-13-36)24-32-15-22(35-24)19-4-3-5-20(14-19)27(28,29)30/h3-9,14-16,18H,10-13H2,1-2H3,(H,32,35)(H,31,33,34). The molecule has 7 nitrogen and oxygen atoms in total. The predicted molar refractivity (Wildman–Crippen MR) is 137 cm³/mol. The van der Waals surface area contributed by atoms with E-state index in [-0.39, 0.29) is 5.92 Å². The molecule has 10 heteroatoms. The van der Waals surface area contributed by atoms with Crippen molar-refractivity contribution in [2.24, 2.45) is 0 Å². The number of rotatable bonds is 6. The molecule has 4 aromatic rings. The minimum atomic E-state index is -4.38. The van der Waals surface area contributed by atoms with Crippen molar-refractivity contribution in [3.05, 3.63) is 72.4 Å². The second-order valence-corrected chi connectivity index (χ2v) is 8.92. The van der Waals surface area contributed by atoms with E-state index in [1.54, 1.807) is 25.7 Å². The number of halogens is 3. The summed E-state index contributed by atoms with van der Waals surface area (Å²) in [5.41, 5.74) is 2.29. The Labute approximate surface area is 212 Å². The molecule has 1 aliphatic rings. The number of benzene rings is 2. The summed E-state index contributed by atoms with van der Waals surface area (Å²) < 4.78 is 44.7. The number of methoxy groups -OCH3 is 1. The van der Waals surface area contributed by atoms with Crippen LogP contribution in [-0.2, 0) is 6.18 Å². The van der Waals surface area contributed by atoms with E-state index in [1.807, 2.05) is 31.3 Å². The van der Waals surface area contributed by atoms with Crippen LogP contribution in [0.1, 0.15) is 30.1 Å². The second kappa shape index (κ2) is 10.1. The molecule has 5 rings (SSSR count). The van der Waals surface area contributed by atoms with E-state index in [9.17, 15) is 13.2 Å². The maximum absolute atomic E-state index is 13.1. The average molecular weight is 509 g/mol. The van der Waals surface area contributed by atoms with Gasteiger partial charge in [-0.15, -0.1) is 0 Å². The lowest BCUT2D eigenvalue weighted by molar-refractivity contribution is -0.137. The van der Waals surface area contributed by atoms with Gasteiger partial charge in [-0.05, 0) is 42.7 Å². The molecule has 1 saturated heterocycles. The highest BCUT2D eigenvalue weighted by Gasteiger charge is 2.31. The molecular formula is C27H27F3N6O. The first-order chi connectivity index (χ1) is 17.9. The van der Waals surface area contributed by atoms with E-state index in [1.165, 1.54) is 6.07 Å². The zero-order chi connectivity index (χ0) is 26.0. The van der Waals surface area contributed by atoms with Crippen LogP contribution < -0.4 is 15.0 Å². The monoisotopic (exact) mass is 508 g/mol. The average Bonchev–Trinajstić information content (AvgIpc) is 3.43. The summed E-state index contributed by atoms with van der Waals surface area (Å²) in [7, 11) is 3.47. The minimum absolute atomic E-state index is 0.172. The largest absolute Gasteiger partial charge is 0.497 e. The van der Waals surface area contributed by atoms with Gasteiger partial charge >= 0.3 is 6.18 Å². The van der Waals surface area contributed by atoms with E-state index in [0.29, 0.717) is 11.3 Å². The molecule has 0 aliphatic carbocycles. The van der Waals surface area contributed by atoms with Gasteiger partial charge in [-0.25, -0.2) is 15.0 Å². The Kier molecular flexibility index (Phi) is 6.73. The van der Waals surface area contributed by atoms with Crippen LogP contribution >= 0.6 is 0 Å². The molecule has 2 N–H and O–H groups in total. The van der Waals surface area contributed by atoms with Gasteiger partial charge in [0.2, 0.25) is 0 Å². The third-order valence-electron chi connectivity index (χ3n) is 6.72. The molecule has 0 unspecified atom stereocenters. The molecular weight excluding hydrogens is 481 g/mol. The maximum Gasteiger partial charge on any atom is 0.416 e. The Hall–Kier alpha value is -4.08. The SMILES string of the molecule is CNc1ncnc(N2CCC(c3ncc(-c4cccc(C(F)(F)F)c4)[nH]3)CC2)c1-c1ccc(OC)cc1. The summed E-state index contributed by atoms with van der Waals surface area (Å²) >= 11 is 0. The number of aromatic amines is 1. The molecule has 1 aliphatic heterocycles. The van der Waals surface area contributed by atoms with Gasteiger partial charge in [0.15, 0.2) is 0 Å². The summed E-state index contributed by atoms with van der Waals surface area (Å²) in [6, 6.07) is 13.1. The first-order valence-electron chi connectivity index (χ1n) is 12.0. The molecule has 0 saturated carbocycles. The van der Waals surface area contributed by atoms with Crippen molar-refractivity contribution in [3.63, 3.8) is 0 Å². The van der Waals surface area contributed by atoms with Crippen LogP contribution in [0.5, 0.6) is 5.75 Å². The molecule has 3 heterocycles. The van der Waals surface area contributed by atoms with Crippen molar-refractivity contribution in [3.8, 4) is 28.1 Å². The van der Waals surface area contributed by atoms with Crippen molar-refractivity contribution in [2.45, 2.75) is 24.9 Å². The number of alkyl halides is 3. The number of ether oxygens (including phenoxy) is 1. The molecule has 192 valence electrons. The Morgan fingerprint density at radius 1 is 1.00 bits per heavy atom. The smallest absolute Gasteiger partial charge is 0.416 e. The molecule has 1 fully saturated rings. The summed E-state index contributed by atoms with van der Waals surface area (Å²) in [6.07, 6.45) is 0.453. The molecule has 0 atom stereocenters. The Balaban J connectivity index is 1.34. The van der Waals surface area contributed by atoms with Gasteiger partial charge in [-0.1, -0.05) is 24.3 Å². The van der Waals surface area contributed by atoms with Gasteiger partial charge < -0.3 is 19.9 Å². The Bertz CT molecular complexity index is 1360. The van der Waals surface area contributed by atoms with Crippen LogP contribution in [0.2, 0.25) is 0 Å². The van der Waals surface area contributed by atoms with Crippen molar-refractivity contribution in [1.29, 1.82) is 0 Å². The zero-order valence-electron chi connectivity index (χ0n) is 20.5. The van der Waals surface area contributed by atoms with E-state index < -0.39 is 11.7 Å². The molecule has 2 aromatic heterocycles. The van der Waals surface area contributed by atoms with Crippen LogP contribution in [0.3, 0.4) is 0 Å². The quantitative estimate of drug-likeness (QED) is 0.333. The fourth-order valence-electron chi connectivity index (χ4n) is 4.75. The first kappa shape index (κ1) is 24.6. The highest BCUT2D eigenvalue weighted by molar-refractivity contribution is 5.85. The Morgan fingerprint density at radius 3 is 2.43 bits per heavy atom. The zero-order valence-corrected chi connectivity index (χ0v) is 20.5. The maximum atomic E-state index is 13.1. The number of H-pyrrole nitrogens is 1. The molecule has 2 aromatic carbocycles. The van der Waals surface area contributed by atoms with E-state index in [2.05, 4.69) is 30.2 Å². The number of hydrogen-bond acceptors (Lipinski definition) is 6. The topological polar surface area (TPSA) is 79.0 Å². The fraction of sp³-hybridized carbons (Fsp3) is 0.296. The van der Waals surface area contributed by atoms with Gasteiger partial charge in [0.25, 0.3) is 0 Å². The van der Waals surface area contributed by atoms with Crippen molar-refractivity contribution >= 4 is 11.6 Å². The van der Waals surface area contributed by atoms with Gasteiger partial charge in [0, 0.05) is 31.6 Å². The molecule has 0 bridgehead atoms. The van der Waals surface area contributed by atoms with Crippen LogP contribution in [0.15, 0.2) is 61.1 Å². The van der Waals surface area contributed by atoms with Crippen LogP contribution in [0, 0.1) is 0 Å². The van der Waals surface area contributed by atoms with Gasteiger partial charge in [-0.2, -0.15) is 13.2 Å². The lowest BCUT2D eigenvalue weighted by Crippen LogP contribution is -2.34. The third-order valence-corrected chi connectivity index (χ3v) is 6.72. The van der Waals surface area contributed by atoms with Crippen LogP contribution in [0.25, 0.3) is 22.4 Å². The number of nitrogens with one attached hydrogen (secondary N) is 2. The molecule has 0 amide bonds. The van der Waals surface area contributed by atoms with Gasteiger partial charge in [0.05, 0.1) is 30.1 Å². The van der Waals surface area contributed by atoms with Crippen molar-refractivity contribution < 1.29 is 17.9 Å². The summed E-state index contributed by atoms with van der Waals surface area (Å²) in [5.74, 6) is 3.34. The summed E-state index contributed by atoms with van der Waals surface area (Å²) in [5, 5.41) is 3.17. The number of nitrogens with zero attached hydrogens (tertiary/aromatic N) is 4. The lowest BCUT2D eigenvalue weighted by atomic mass is 9.95. The van der Waals surface area contributed by atoms with Crippen LogP contribution in [0.4, 0.5) is 24.8 Å². The number of aromatic nitrogens is 4. The molecule has 37 heavy (non-hydrogen) atoms. The predicted octanol–water partition coefficient (Wildman–Crippen LogP) is 5.99. The molecule has 0 radical (unpaired) electrons. The minimum Gasteiger partial charge on any atom is -0.497 e. The third kappa shape index (κ3) is 5.09. The number of hydrogen-bond donors (Lipinski definition) is 2. The normalized spacial score (nSPS) is 14.6. The van der Waals surface area contributed by atoms with E-state index >= 15 is 0 Å². The second-order valence-electron chi connectivity index (χ2n) is 8.92. The first-order valence-corrected chi connectivity index (χ1v) is 12.0. The van der Waals surface area contributed by atoms with Gasteiger partial charge in [0.1, 0.15) is 29.5 Å². The lowest BCUT2D eigenvalue weighted by Gasteiger charge is -2.33. The Morgan fingerprint density at radius 2 is 1.76 bits per heavy atom. The van der Waals surface area contributed by atoms with Crippen LogP contribution in [-0.4, -0.2) is 47.2 Å². The highest BCUT2D eigenvalue weighted by Crippen LogP contribution is 2.38. The van der Waals surface area contributed by atoms with Crippen molar-refractivity contribution in [2.75, 3.05) is 37.5 Å². The van der Waals surface area contributed by atoms with Gasteiger partial charge in [-0.3, -0.25) is 0 Å². The fourth-order valence-corrected chi connectivity index (χ4v) is 4.75. The number of piperidine rings is 1. The molecule has 0 spiro atoms. The summed E-state index contributed by atoms with van der Waals surface area (Å²) in [6.45, 7) is 1.52. The number of anilines is 2. The highest BCUT2D eigenvalue weighted by atomic mass is 19.4. The summed E-state index contributed by atoms with van der Waals surface area (Å²) in [4.78, 5) is 19.1.